The van der Waals surface area contributed by atoms with Crippen molar-refractivity contribution in [3.8, 4) is 0 Å². The fraction of sp³-hybridized carbons (Fsp3) is 0.800. The van der Waals surface area contributed by atoms with E-state index in [0.29, 0.717) is 13.2 Å². The van der Waals surface area contributed by atoms with E-state index in [0.717, 1.165) is 12.5 Å². The molecular formula is C10H22O4Si. The van der Waals surface area contributed by atoms with Gasteiger partial charge in [-0.15, -0.1) is 0 Å². The molecule has 0 heterocycles. The van der Waals surface area contributed by atoms with Crippen LogP contribution >= 0.6 is 0 Å². The molecule has 0 aromatic heterocycles. The van der Waals surface area contributed by atoms with Gasteiger partial charge in [-0.1, -0.05) is 12.2 Å². The van der Waals surface area contributed by atoms with E-state index in [-0.39, 0.29) is 0 Å². The maximum Gasteiger partial charge on any atom is 0.500 e. The Hall–Kier alpha value is -0.203. The third kappa shape index (κ3) is 6.06. The molecule has 5 heteroatoms. The first-order valence-electron chi connectivity index (χ1n) is 5.09. The molecule has 0 rings (SSSR count). The van der Waals surface area contributed by atoms with Gasteiger partial charge in [-0.25, -0.2) is 0 Å². The number of hydrogen-bond acceptors (Lipinski definition) is 4. The van der Waals surface area contributed by atoms with Gasteiger partial charge in [-0.2, -0.15) is 0 Å². The van der Waals surface area contributed by atoms with E-state index < -0.39 is 8.80 Å². The summed E-state index contributed by atoms with van der Waals surface area (Å²) >= 11 is 0. The molecule has 90 valence electrons. The molecule has 0 aliphatic carbocycles. The summed E-state index contributed by atoms with van der Waals surface area (Å²) in [6.45, 7) is 3.34. The van der Waals surface area contributed by atoms with Gasteiger partial charge in [0.1, 0.15) is 0 Å². The van der Waals surface area contributed by atoms with E-state index in [1.807, 2.05) is 19.1 Å². The Labute approximate surface area is 93.5 Å². The fourth-order valence-electron chi connectivity index (χ4n) is 1.19. The van der Waals surface area contributed by atoms with Gasteiger partial charge in [-0.05, 0) is 13.3 Å². The number of ether oxygens (including phenoxy) is 1. The molecule has 0 spiro atoms. The summed E-state index contributed by atoms with van der Waals surface area (Å²) in [6, 6.07) is 0.784. The average Bonchev–Trinajstić information content (AvgIpc) is 2.29. The van der Waals surface area contributed by atoms with Gasteiger partial charge < -0.3 is 18.0 Å². The number of hydrogen-bond donors (Lipinski definition) is 0. The quantitative estimate of drug-likeness (QED) is 0.346. The molecule has 0 aliphatic rings. The Balaban J connectivity index is 3.62. The molecule has 0 radical (unpaired) electrons. The maximum atomic E-state index is 5.37. The van der Waals surface area contributed by atoms with Crippen molar-refractivity contribution in [2.24, 2.45) is 0 Å². The van der Waals surface area contributed by atoms with Crippen LogP contribution in [0.15, 0.2) is 12.2 Å². The zero-order chi connectivity index (χ0) is 11.6. The van der Waals surface area contributed by atoms with Crippen molar-refractivity contribution in [1.29, 1.82) is 0 Å². The summed E-state index contributed by atoms with van der Waals surface area (Å²) < 4.78 is 21.2. The molecule has 0 N–H and O–H groups in total. The molecular weight excluding hydrogens is 212 g/mol. The lowest BCUT2D eigenvalue weighted by Crippen LogP contribution is -2.42. The summed E-state index contributed by atoms with van der Waals surface area (Å²) in [5, 5.41) is 0. The molecule has 15 heavy (non-hydrogen) atoms. The molecule has 0 unspecified atom stereocenters. The SMILES string of the molecule is CC=CCOCCC[Si](OC)(OC)OC. The highest BCUT2D eigenvalue weighted by Crippen LogP contribution is 2.14. The predicted octanol–water partition coefficient (Wildman–Crippen LogP) is 1.85. The highest BCUT2D eigenvalue weighted by Gasteiger charge is 2.36. The monoisotopic (exact) mass is 234 g/mol. The molecule has 0 bridgehead atoms. The fourth-order valence-corrected chi connectivity index (χ4v) is 2.88. The first kappa shape index (κ1) is 14.8. The van der Waals surface area contributed by atoms with E-state index >= 15 is 0 Å². The maximum absolute atomic E-state index is 5.37. The predicted molar refractivity (Wildman–Crippen MR) is 61.8 cm³/mol. The van der Waals surface area contributed by atoms with Crippen molar-refractivity contribution < 1.29 is 18.0 Å². The van der Waals surface area contributed by atoms with Crippen molar-refractivity contribution in [1.82, 2.24) is 0 Å². The zero-order valence-corrected chi connectivity index (χ0v) is 11.1. The molecule has 0 atom stereocenters. The highest BCUT2D eigenvalue weighted by atomic mass is 28.4. The van der Waals surface area contributed by atoms with Crippen molar-refractivity contribution in [3.05, 3.63) is 12.2 Å². The lowest BCUT2D eigenvalue weighted by Gasteiger charge is -2.24. The molecule has 0 saturated heterocycles. The average molecular weight is 234 g/mol. The minimum absolute atomic E-state index is 0.665. The van der Waals surface area contributed by atoms with Gasteiger partial charge in [0.2, 0.25) is 0 Å². The van der Waals surface area contributed by atoms with Crippen molar-refractivity contribution in [2.45, 2.75) is 19.4 Å². The second kappa shape index (κ2) is 9.05. The smallest absolute Gasteiger partial charge is 0.377 e. The van der Waals surface area contributed by atoms with Gasteiger partial charge >= 0.3 is 8.80 Å². The van der Waals surface area contributed by atoms with Crippen LogP contribution in [0.1, 0.15) is 13.3 Å². The van der Waals surface area contributed by atoms with E-state index in [4.69, 9.17) is 18.0 Å². The van der Waals surface area contributed by atoms with Gasteiger partial charge in [0.15, 0.2) is 0 Å². The van der Waals surface area contributed by atoms with Crippen LogP contribution in [0.25, 0.3) is 0 Å². The van der Waals surface area contributed by atoms with Gasteiger partial charge in [0, 0.05) is 34.0 Å². The van der Waals surface area contributed by atoms with Crippen LogP contribution in [-0.2, 0) is 18.0 Å². The second-order valence-corrected chi connectivity index (χ2v) is 6.13. The lowest BCUT2D eigenvalue weighted by molar-refractivity contribution is 0.114. The molecule has 0 aliphatic heterocycles. The number of rotatable bonds is 9. The summed E-state index contributed by atoms with van der Waals surface area (Å²) in [5.41, 5.74) is 0. The van der Waals surface area contributed by atoms with Crippen molar-refractivity contribution in [3.63, 3.8) is 0 Å². The summed E-state index contributed by atoms with van der Waals surface area (Å²) in [6.07, 6.45) is 4.84. The standard InChI is InChI=1S/C10H22O4Si/c1-5-6-8-14-9-7-10-15(11-2,12-3)13-4/h5-6H,7-10H2,1-4H3. The normalized spacial score (nSPS) is 12.5. The van der Waals surface area contributed by atoms with Crippen LogP contribution in [0.4, 0.5) is 0 Å². The molecule has 0 saturated carbocycles. The Bertz CT molecular complexity index is 161. The molecule has 4 nitrogen and oxygen atoms in total. The van der Waals surface area contributed by atoms with Gasteiger partial charge in [-0.3, -0.25) is 0 Å². The van der Waals surface area contributed by atoms with E-state index in [1.165, 1.54) is 0 Å². The first-order valence-corrected chi connectivity index (χ1v) is 7.02. The largest absolute Gasteiger partial charge is 0.500 e. The molecule has 0 aromatic rings. The lowest BCUT2D eigenvalue weighted by atomic mass is 10.5. The van der Waals surface area contributed by atoms with Crippen LogP contribution in [-0.4, -0.2) is 43.3 Å². The highest BCUT2D eigenvalue weighted by molar-refractivity contribution is 6.60. The number of allylic oxidation sites excluding steroid dienone is 1. The van der Waals surface area contributed by atoms with E-state index in [2.05, 4.69) is 0 Å². The zero-order valence-electron chi connectivity index (χ0n) is 10.1. The third-order valence-corrected chi connectivity index (χ3v) is 4.99. The van der Waals surface area contributed by atoms with Crippen LogP contribution < -0.4 is 0 Å². The Kier molecular flexibility index (Phi) is 8.93. The molecule has 0 fully saturated rings. The summed E-state index contributed by atoms with van der Waals surface area (Å²) in [5.74, 6) is 0. The van der Waals surface area contributed by atoms with Crippen molar-refractivity contribution >= 4 is 8.80 Å². The minimum Gasteiger partial charge on any atom is -0.377 e. The second-order valence-electron chi connectivity index (χ2n) is 3.04. The van der Waals surface area contributed by atoms with E-state index in [9.17, 15) is 0 Å². The Morgan fingerprint density at radius 3 is 2.13 bits per heavy atom. The van der Waals surface area contributed by atoms with Crippen LogP contribution in [0.3, 0.4) is 0 Å². The summed E-state index contributed by atoms with van der Waals surface area (Å²) in [4.78, 5) is 0. The van der Waals surface area contributed by atoms with Gasteiger partial charge in [0.25, 0.3) is 0 Å². The minimum atomic E-state index is -2.38. The topological polar surface area (TPSA) is 36.9 Å². The summed E-state index contributed by atoms with van der Waals surface area (Å²) in [7, 11) is 2.49. The van der Waals surface area contributed by atoms with Crippen LogP contribution in [0.2, 0.25) is 6.04 Å². The molecule has 0 amide bonds. The molecule has 0 aromatic carbocycles. The van der Waals surface area contributed by atoms with Crippen molar-refractivity contribution in [2.75, 3.05) is 34.5 Å². The van der Waals surface area contributed by atoms with Crippen LogP contribution in [0.5, 0.6) is 0 Å². The Morgan fingerprint density at radius 1 is 1.07 bits per heavy atom. The Morgan fingerprint density at radius 2 is 1.67 bits per heavy atom. The first-order chi connectivity index (χ1) is 7.24. The van der Waals surface area contributed by atoms with E-state index in [1.54, 1.807) is 21.3 Å². The van der Waals surface area contributed by atoms with Crippen LogP contribution in [0, 0.1) is 0 Å². The van der Waals surface area contributed by atoms with Gasteiger partial charge in [0.05, 0.1) is 6.61 Å². The third-order valence-electron chi connectivity index (χ3n) is 2.15.